The molecule has 0 bridgehead atoms. The first-order valence-corrected chi connectivity index (χ1v) is 8.83. The van der Waals surface area contributed by atoms with Gasteiger partial charge in [-0.05, 0) is 35.2 Å². The maximum atomic E-state index is 14.0. The molecule has 6 heteroatoms. The van der Waals surface area contributed by atoms with Crippen LogP contribution >= 0.6 is 0 Å². The van der Waals surface area contributed by atoms with Gasteiger partial charge in [0.25, 0.3) is 5.79 Å². The predicted octanol–water partition coefficient (Wildman–Crippen LogP) is 4.05. The molecule has 0 saturated carbocycles. The average Bonchev–Trinajstić information content (AvgIpc) is 3.02. The van der Waals surface area contributed by atoms with E-state index >= 15 is 0 Å². The Morgan fingerprint density at radius 1 is 1.04 bits per heavy atom. The summed E-state index contributed by atoms with van der Waals surface area (Å²) >= 11 is 0. The van der Waals surface area contributed by atoms with Crippen LogP contribution in [0.25, 0.3) is 17.0 Å². The van der Waals surface area contributed by atoms with Gasteiger partial charge >= 0.3 is 11.9 Å². The second-order valence-electron chi connectivity index (χ2n) is 7.09. The van der Waals surface area contributed by atoms with Crippen molar-refractivity contribution in [3.05, 3.63) is 77.2 Å². The standard InChI is InChI=1S/C22H18FNO4/c1-22(2)27-20(25)17(21(26)28-22)11-14-7-8-15-9-10-24(19(15)12-14)13-16-5-3-4-6-18(16)23/h3-12H,13H2,1-2H3. The van der Waals surface area contributed by atoms with Crippen LogP contribution in [0.4, 0.5) is 4.39 Å². The summed E-state index contributed by atoms with van der Waals surface area (Å²) in [6, 6.07) is 14.1. The normalized spacial score (nSPS) is 16.0. The van der Waals surface area contributed by atoms with Gasteiger partial charge in [0, 0.05) is 31.1 Å². The zero-order chi connectivity index (χ0) is 19.9. The summed E-state index contributed by atoms with van der Waals surface area (Å²) in [5.41, 5.74) is 1.91. The van der Waals surface area contributed by atoms with Crippen LogP contribution in [0, 0.1) is 5.82 Å². The molecule has 28 heavy (non-hydrogen) atoms. The van der Waals surface area contributed by atoms with Crippen molar-refractivity contribution in [2.75, 3.05) is 0 Å². The van der Waals surface area contributed by atoms with E-state index in [1.807, 2.05) is 29.0 Å². The average molecular weight is 379 g/mol. The Labute approximate surface area is 161 Å². The van der Waals surface area contributed by atoms with E-state index in [9.17, 15) is 14.0 Å². The molecule has 0 spiro atoms. The number of nitrogens with zero attached hydrogens (tertiary/aromatic N) is 1. The molecular weight excluding hydrogens is 361 g/mol. The molecule has 0 amide bonds. The van der Waals surface area contributed by atoms with E-state index in [4.69, 9.17) is 9.47 Å². The third kappa shape index (κ3) is 3.41. The summed E-state index contributed by atoms with van der Waals surface area (Å²) in [6.45, 7) is 3.37. The van der Waals surface area contributed by atoms with E-state index in [0.717, 1.165) is 10.9 Å². The monoisotopic (exact) mass is 379 g/mol. The van der Waals surface area contributed by atoms with Crippen molar-refractivity contribution in [1.82, 2.24) is 4.57 Å². The lowest BCUT2D eigenvalue weighted by atomic mass is 10.1. The minimum Gasteiger partial charge on any atom is -0.419 e. The Hall–Kier alpha value is -3.41. The van der Waals surface area contributed by atoms with E-state index in [2.05, 4.69) is 0 Å². The third-order valence-corrected chi connectivity index (χ3v) is 4.52. The van der Waals surface area contributed by atoms with E-state index in [0.29, 0.717) is 17.7 Å². The first-order valence-electron chi connectivity index (χ1n) is 8.83. The summed E-state index contributed by atoms with van der Waals surface area (Å²) in [5.74, 6) is -2.98. The predicted molar refractivity (Wildman–Crippen MR) is 102 cm³/mol. The van der Waals surface area contributed by atoms with Crippen molar-refractivity contribution in [3.63, 3.8) is 0 Å². The Balaban J connectivity index is 1.69. The van der Waals surface area contributed by atoms with Crippen LogP contribution in [-0.4, -0.2) is 22.3 Å². The third-order valence-electron chi connectivity index (χ3n) is 4.52. The minimum absolute atomic E-state index is 0.161. The van der Waals surface area contributed by atoms with Crippen LogP contribution < -0.4 is 0 Å². The van der Waals surface area contributed by atoms with E-state index < -0.39 is 17.7 Å². The van der Waals surface area contributed by atoms with Crippen molar-refractivity contribution < 1.29 is 23.5 Å². The summed E-state index contributed by atoms with van der Waals surface area (Å²) < 4.78 is 26.1. The van der Waals surface area contributed by atoms with Crippen LogP contribution in [0.2, 0.25) is 0 Å². The zero-order valence-corrected chi connectivity index (χ0v) is 15.4. The first-order chi connectivity index (χ1) is 13.3. The SMILES string of the molecule is CC1(C)OC(=O)C(=Cc2ccc3ccn(Cc4ccccc4F)c3c2)C(=O)O1. The number of benzene rings is 2. The molecule has 1 aromatic heterocycles. The van der Waals surface area contributed by atoms with Gasteiger partial charge in [-0.15, -0.1) is 0 Å². The fourth-order valence-electron chi connectivity index (χ4n) is 3.18. The van der Waals surface area contributed by atoms with E-state index in [-0.39, 0.29) is 11.4 Å². The van der Waals surface area contributed by atoms with Gasteiger partial charge in [0.15, 0.2) is 0 Å². The smallest absolute Gasteiger partial charge is 0.348 e. The highest BCUT2D eigenvalue weighted by atomic mass is 19.1. The second kappa shape index (κ2) is 6.64. The summed E-state index contributed by atoms with van der Waals surface area (Å²) in [4.78, 5) is 24.3. The molecule has 1 aliphatic rings. The molecule has 3 aromatic rings. The molecule has 0 unspecified atom stereocenters. The van der Waals surface area contributed by atoms with Gasteiger partial charge in [0.2, 0.25) is 0 Å². The van der Waals surface area contributed by atoms with Gasteiger partial charge < -0.3 is 14.0 Å². The lowest BCUT2D eigenvalue weighted by molar-refractivity contribution is -0.222. The lowest BCUT2D eigenvalue weighted by Crippen LogP contribution is -2.41. The highest BCUT2D eigenvalue weighted by Gasteiger charge is 2.38. The molecule has 1 aliphatic heterocycles. The highest BCUT2D eigenvalue weighted by molar-refractivity contribution is 6.19. The summed E-state index contributed by atoms with van der Waals surface area (Å²) in [7, 11) is 0. The Kier molecular flexibility index (Phi) is 4.26. The fraction of sp³-hybridized carbons (Fsp3) is 0.182. The highest BCUT2D eigenvalue weighted by Crippen LogP contribution is 2.26. The van der Waals surface area contributed by atoms with Crippen molar-refractivity contribution in [2.45, 2.75) is 26.2 Å². The number of ether oxygens (including phenoxy) is 2. The zero-order valence-electron chi connectivity index (χ0n) is 15.4. The van der Waals surface area contributed by atoms with Gasteiger partial charge in [-0.1, -0.05) is 30.3 Å². The van der Waals surface area contributed by atoms with Crippen molar-refractivity contribution in [3.8, 4) is 0 Å². The Morgan fingerprint density at radius 2 is 1.75 bits per heavy atom. The second-order valence-corrected chi connectivity index (χ2v) is 7.09. The Bertz CT molecular complexity index is 1100. The maximum Gasteiger partial charge on any atom is 0.348 e. The summed E-state index contributed by atoms with van der Waals surface area (Å²) in [5, 5.41) is 0.966. The number of hydrogen-bond acceptors (Lipinski definition) is 4. The van der Waals surface area contributed by atoms with E-state index in [1.165, 1.54) is 26.0 Å². The topological polar surface area (TPSA) is 57.5 Å². The molecule has 4 rings (SSSR count). The minimum atomic E-state index is -1.27. The van der Waals surface area contributed by atoms with Gasteiger partial charge in [0.05, 0.1) is 6.54 Å². The van der Waals surface area contributed by atoms with Gasteiger partial charge in [-0.3, -0.25) is 0 Å². The molecule has 0 aliphatic carbocycles. The van der Waals surface area contributed by atoms with E-state index in [1.54, 1.807) is 24.3 Å². The number of esters is 2. The van der Waals surface area contributed by atoms with Gasteiger partial charge in [0.1, 0.15) is 11.4 Å². The van der Waals surface area contributed by atoms with Crippen LogP contribution in [0.1, 0.15) is 25.0 Å². The van der Waals surface area contributed by atoms with Crippen molar-refractivity contribution in [2.24, 2.45) is 0 Å². The van der Waals surface area contributed by atoms with Crippen LogP contribution in [0.5, 0.6) is 0 Å². The number of carbonyl (C=O) groups is 2. The van der Waals surface area contributed by atoms with Crippen LogP contribution in [-0.2, 0) is 25.6 Å². The largest absolute Gasteiger partial charge is 0.419 e. The molecule has 2 heterocycles. The van der Waals surface area contributed by atoms with Crippen LogP contribution in [0.15, 0.2) is 60.3 Å². The first kappa shape index (κ1) is 18.0. The van der Waals surface area contributed by atoms with Crippen LogP contribution in [0.3, 0.4) is 0 Å². The number of fused-ring (bicyclic) bond motifs is 1. The number of rotatable bonds is 3. The van der Waals surface area contributed by atoms with Gasteiger partial charge in [-0.2, -0.15) is 0 Å². The molecule has 0 atom stereocenters. The van der Waals surface area contributed by atoms with Crippen molar-refractivity contribution >= 4 is 28.9 Å². The quantitative estimate of drug-likeness (QED) is 0.391. The van der Waals surface area contributed by atoms with Gasteiger partial charge in [-0.25, -0.2) is 14.0 Å². The Morgan fingerprint density at radius 3 is 2.46 bits per heavy atom. The summed E-state index contributed by atoms with van der Waals surface area (Å²) in [6.07, 6.45) is 3.32. The molecular formula is C22H18FNO4. The number of aromatic nitrogens is 1. The van der Waals surface area contributed by atoms with Crippen molar-refractivity contribution in [1.29, 1.82) is 0 Å². The molecule has 1 fully saturated rings. The number of cyclic esters (lactones) is 2. The lowest BCUT2D eigenvalue weighted by Gasteiger charge is -2.29. The number of hydrogen-bond donors (Lipinski definition) is 0. The molecule has 5 nitrogen and oxygen atoms in total. The fourth-order valence-corrected chi connectivity index (χ4v) is 3.18. The molecule has 2 aromatic carbocycles. The maximum absolute atomic E-state index is 14.0. The molecule has 1 saturated heterocycles. The number of carbonyl (C=O) groups excluding carboxylic acids is 2. The number of halogens is 1. The molecule has 0 N–H and O–H groups in total. The molecule has 142 valence electrons. The molecule has 0 radical (unpaired) electrons.